The van der Waals surface area contributed by atoms with Crippen molar-refractivity contribution in [3.63, 3.8) is 0 Å². The Bertz CT molecular complexity index is 938. The highest BCUT2D eigenvalue weighted by Gasteiger charge is 2.30. The summed E-state index contributed by atoms with van der Waals surface area (Å²) in [4.78, 5) is 12.8. The third-order valence-electron chi connectivity index (χ3n) is 4.42. The number of thioether (sulfide) groups is 1. The highest BCUT2D eigenvalue weighted by molar-refractivity contribution is 8.00. The summed E-state index contributed by atoms with van der Waals surface area (Å²) >= 11 is 1.37. The van der Waals surface area contributed by atoms with Crippen LogP contribution in [0, 0.1) is 5.82 Å². The molecule has 5 nitrogen and oxygen atoms in total. The first-order valence-electron chi connectivity index (χ1n) is 8.79. The Balaban J connectivity index is 1.61. The van der Waals surface area contributed by atoms with Crippen LogP contribution in [0.25, 0.3) is 11.4 Å². The molecule has 0 radical (unpaired) electrons. The molecule has 0 aliphatic heterocycles. The van der Waals surface area contributed by atoms with Crippen LogP contribution < -0.4 is 5.32 Å². The van der Waals surface area contributed by atoms with E-state index < -0.39 is 5.25 Å². The maximum Gasteiger partial charge on any atom is 0.238 e. The van der Waals surface area contributed by atoms with Gasteiger partial charge in [-0.2, -0.15) is 0 Å². The minimum atomic E-state index is -0.407. The molecule has 2 aromatic carbocycles. The second-order valence-corrected chi connectivity index (χ2v) is 7.64. The number of carbonyl (C=O) groups excluding carboxylic acids is 1. The van der Waals surface area contributed by atoms with Gasteiger partial charge in [0.1, 0.15) is 11.1 Å². The number of nitrogens with one attached hydrogen (secondary N) is 1. The molecular weight excluding hydrogens is 363 g/mol. The van der Waals surface area contributed by atoms with Gasteiger partial charge in [0.2, 0.25) is 5.91 Å². The zero-order chi connectivity index (χ0) is 18.8. The molecule has 1 aromatic heterocycles. The lowest BCUT2D eigenvalue weighted by atomic mass is 10.1. The molecule has 4 rings (SSSR count). The lowest BCUT2D eigenvalue weighted by molar-refractivity contribution is -0.120. The molecule has 7 heteroatoms. The SMILES string of the molecule is Cn1c(SC(C(=O)NC2CC2)c2ccccc2)nnc1-c1ccc(F)cc1. The quantitative estimate of drug-likeness (QED) is 0.660. The summed E-state index contributed by atoms with van der Waals surface area (Å²) in [6.07, 6.45) is 2.08. The van der Waals surface area contributed by atoms with E-state index in [1.54, 1.807) is 12.1 Å². The fraction of sp³-hybridized carbons (Fsp3) is 0.250. The monoisotopic (exact) mass is 382 g/mol. The molecule has 27 heavy (non-hydrogen) atoms. The fourth-order valence-electron chi connectivity index (χ4n) is 2.78. The van der Waals surface area contributed by atoms with Gasteiger partial charge in [0.15, 0.2) is 11.0 Å². The van der Waals surface area contributed by atoms with Crippen molar-refractivity contribution in [2.24, 2.45) is 7.05 Å². The molecule has 1 saturated carbocycles. The summed E-state index contributed by atoms with van der Waals surface area (Å²) in [5.41, 5.74) is 1.70. The molecule has 1 aliphatic carbocycles. The second kappa shape index (κ2) is 7.52. The number of amides is 1. The molecule has 138 valence electrons. The first-order valence-corrected chi connectivity index (χ1v) is 9.67. The minimum absolute atomic E-state index is 0.0139. The lowest BCUT2D eigenvalue weighted by Crippen LogP contribution is -2.29. The third-order valence-corrected chi connectivity index (χ3v) is 5.71. The Hall–Kier alpha value is -2.67. The van der Waals surface area contributed by atoms with E-state index in [1.807, 2.05) is 41.9 Å². The van der Waals surface area contributed by atoms with E-state index in [4.69, 9.17) is 0 Å². The first kappa shape index (κ1) is 17.7. The van der Waals surface area contributed by atoms with Gasteiger partial charge in [-0.15, -0.1) is 10.2 Å². The maximum atomic E-state index is 13.2. The topological polar surface area (TPSA) is 59.8 Å². The molecule has 3 aromatic rings. The zero-order valence-electron chi connectivity index (χ0n) is 14.8. The molecule has 0 spiro atoms. The minimum Gasteiger partial charge on any atom is -0.352 e. The van der Waals surface area contributed by atoms with Crippen molar-refractivity contribution in [1.29, 1.82) is 0 Å². The van der Waals surface area contributed by atoms with Crippen molar-refractivity contribution in [3.8, 4) is 11.4 Å². The second-order valence-electron chi connectivity index (χ2n) is 6.56. The Labute approximate surface area is 161 Å². The number of halogens is 1. The predicted octanol–water partition coefficient (Wildman–Crippen LogP) is 3.73. The Morgan fingerprint density at radius 2 is 1.85 bits per heavy atom. The van der Waals surface area contributed by atoms with E-state index in [9.17, 15) is 9.18 Å². The van der Waals surface area contributed by atoms with E-state index in [1.165, 1.54) is 23.9 Å². The van der Waals surface area contributed by atoms with E-state index in [2.05, 4.69) is 15.5 Å². The van der Waals surface area contributed by atoms with Crippen LogP contribution in [0.4, 0.5) is 4.39 Å². The van der Waals surface area contributed by atoms with E-state index in [-0.39, 0.29) is 11.7 Å². The number of carbonyl (C=O) groups is 1. The first-order chi connectivity index (χ1) is 13.1. The van der Waals surface area contributed by atoms with E-state index in [0.29, 0.717) is 17.0 Å². The van der Waals surface area contributed by atoms with Crippen LogP contribution in [-0.4, -0.2) is 26.7 Å². The number of nitrogens with zero attached hydrogens (tertiary/aromatic N) is 3. The van der Waals surface area contributed by atoms with Crippen molar-refractivity contribution in [2.75, 3.05) is 0 Å². The highest BCUT2D eigenvalue weighted by atomic mass is 32.2. The predicted molar refractivity (Wildman–Crippen MR) is 103 cm³/mol. The van der Waals surface area contributed by atoms with Crippen molar-refractivity contribution >= 4 is 17.7 Å². The lowest BCUT2D eigenvalue weighted by Gasteiger charge is -2.16. The Kier molecular flexibility index (Phi) is 4.94. The summed E-state index contributed by atoms with van der Waals surface area (Å²) in [6, 6.07) is 16.1. The number of hydrogen-bond donors (Lipinski definition) is 1. The van der Waals surface area contributed by atoms with Gasteiger partial charge in [0.05, 0.1) is 0 Å². The van der Waals surface area contributed by atoms with Gasteiger partial charge in [-0.25, -0.2) is 4.39 Å². The molecule has 1 heterocycles. The summed E-state index contributed by atoms with van der Waals surface area (Å²) in [7, 11) is 1.85. The Morgan fingerprint density at radius 1 is 1.15 bits per heavy atom. The molecule has 1 aliphatic rings. The van der Waals surface area contributed by atoms with Gasteiger partial charge in [-0.05, 0) is 42.7 Å². The summed E-state index contributed by atoms with van der Waals surface area (Å²) < 4.78 is 15.0. The standard InChI is InChI=1S/C20H19FN4OS/c1-25-18(14-7-9-15(21)10-8-14)23-24-20(25)27-17(13-5-3-2-4-6-13)19(26)22-16-11-12-16/h2-10,16-17H,11-12H2,1H3,(H,22,26). The van der Waals surface area contributed by atoms with Crippen LogP contribution >= 0.6 is 11.8 Å². The third kappa shape index (κ3) is 4.03. The molecule has 1 atom stereocenters. The highest BCUT2D eigenvalue weighted by Crippen LogP contribution is 2.36. The van der Waals surface area contributed by atoms with Gasteiger partial charge in [0.25, 0.3) is 0 Å². The normalized spacial score (nSPS) is 14.7. The van der Waals surface area contributed by atoms with Crippen molar-refractivity contribution in [1.82, 2.24) is 20.1 Å². The average Bonchev–Trinajstić information content (AvgIpc) is 3.42. The largest absolute Gasteiger partial charge is 0.352 e. The summed E-state index contributed by atoms with van der Waals surface area (Å²) in [5, 5.41) is 11.8. The number of hydrogen-bond acceptors (Lipinski definition) is 4. The van der Waals surface area contributed by atoms with E-state index in [0.717, 1.165) is 24.0 Å². The van der Waals surface area contributed by atoms with Crippen LogP contribution in [0.5, 0.6) is 0 Å². The van der Waals surface area contributed by atoms with Crippen molar-refractivity contribution in [3.05, 3.63) is 66.0 Å². The Morgan fingerprint density at radius 3 is 2.52 bits per heavy atom. The number of aromatic nitrogens is 3. The van der Waals surface area contributed by atoms with E-state index >= 15 is 0 Å². The van der Waals surface area contributed by atoms with Crippen molar-refractivity contribution < 1.29 is 9.18 Å². The van der Waals surface area contributed by atoms with Crippen LogP contribution in [0.3, 0.4) is 0 Å². The summed E-state index contributed by atoms with van der Waals surface area (Å²) in [6.45, 7) is 0. The molecule has 0 saturated heterocycles. The molecule has 1 fully saturated rings. The smallest absolute Gasteiger partial charge is 0.238 e. The molecule has 1 unspecified atom stereocenters. The zero-order valence-corrected chi connectivity index (χ0v) is 15.6. The molecular formula is C20H19FN4OS. The van der Waals surface area contributed by atoms with Crippen LogP contribution in [0.2, 0.25) is 0 Å². The van der Waals surface area contributed by atoms with Gasteiger partial charge in [-0.1, -0.05) is 42.1 Å². The van der Waals surface area contributed by atoms with Crippen LogP contribution in [-0.2, 0) is 11.8 Å². The fourth-order valence-corrected chi connectivity index (χ4v) is 3.79. The van der Waals surface area contributed by atoms with Gasteiger partial charge < -0.3 is 9.88 Å². The van der Waals surface area contributed by atoms with Gasteiger partial charge in [-0.3, -0.25) is 4.79 Å². The number of rotatable bonds is 6. The molecule has 0 bridgehead atoms. The van der Waals surface area contributed by atoms with Crippen molar-refractivity contribution in [2.45, 2.75) is 29.3 Å². The average molecular weight is 382 g/mol. The maximum absolute atomic E-state index is 13.2. The molecule has 1 amide bonds. The van der Waals surface area contributed by atoms with Crippen LogP contribution in [0.15, 0.2) is 59.8 Å². The summed E-state index contributed by atoms with van der Waals surface area (Å²) in [5.74, 6) is 0.323. The molecule has 1 N–H and O–H groups in total. The number of benzene rings is 2. The van der Waals surface area contributed by atoms with Gasteiger partial charge in [0, 0.05) is 18.7 Å². The van der Waals surface area contributed by atoms with Gasteiger partial charge >= 0.3 is 0 Å². The van der Waals surface area contributed by atoms with Crippen LogP contribution in [0.1, 0.15) is 23.7 Å².